The van der Waals surface area contributed by atoms with E-state index in [4.69, 9.17) is 4.42 Å². The van der Waals surface area contributed by atoms with Crippen molar-refractivity contribution in [3.8, 4) is 23.0 Å². The Balaban J connectivity index is 1.78. The van der Waals surface area contributed by atoms with Gasteiger partial charge in [-0.2, -0.15) is 0 Å². The third-order valence-electron chi connectivity index (χ3n) is 3.08. The van der Waals surface area contributed by atoms with E-state index in [0.717, 1.165) is 5.56 Å². The number of oxazole rings is 1. The highest BCUT2D eigenvalue weighted by atomic mass is 16.3. The third kappa shape index (κ3) is 2.62. The number of anilines is 1. The molecule has 0 bridgehead atoms. The van der Waals surface area contributed by atoms with E-state index in [1.54, 1.807) is 30.5 Å². The van der Waals surface area contributed by atoms with E-state index in [1.165, 1.54) is 24.5 Å². The van der Waals surface area contributed by atoms with Gasteiger partial charge in [-0.3, -0.25) is 4.79 Å². The summed E-state index contributed by atoms with van der Waals surface area (Å²) in [5, 5.41) is 21.7. The van der Waals surface area contributed by atoms with Gasteiger partial charge in [0.05, 0.1) is 11.8 Å². The van der Waals surface area contributed by atoms with Crippen LogP contribution in [0.2, 0.25) is 0 Å². The second-order valence-electron chi connectivity index (χ2n) is 4.54. The summed E-state index contributed by atoms with van der Waals surface area (Å²) in [4.78, 5) is 16.1. The molecule has 0 aliphatic heterocycles. The first-order valence-electron chi connectivity index (χ1n) is 6.47. The number of phenolic OH excluding ortho intramolecular Hbond substituents is 2. The summed E-state index contributed by atoms with van der Waals surface area (Å²) < 4.78 is 5.18. The van der Waals surface area contributed by atoms with Crippen LogP contribution in [-0.2, 0) is 0 Å². The molecule has 0 fully saturated rings. The van der Waals surface area contributed by atoms with Gasteiger partial charge in [-0.25, -0.2) is 4.98 Å². The van der Waals surface area contributed by atoms with Crippen LogP contribution in [0.4, 0.5) is 5.69 Å². The highest BCUT2D eigenvalue weighted by Crippen LogP contribution is 2.29. The lowest BCUT2D eigenvalue weighted by atomic mass is 10.1. The lowest BCUT2D eigenvalue weighted by Gasteiger charge is -2.08. The molecule has 6 heteroatoms. The SMILES string of the molecule is O=C(Nc1ccc(-c2ncco2)cc1)c1cccc(O)c1O. The average Bonchev–Trinajstić information content (AvgIpc) is 3.05. The van der Waals surface area contributed by atoms with Gasteiger partial charge in [0.1, 0.15) is 6.26 Å². The molecule has 6 nitrogen and oxygen atoms in total. The molecule has 0 unspecified atom stereocenters. The molecule has 0 spiro atoms. The molecule has 3 aromatic rings. The number of hydrogen-bond acceptors (Lipinski definition) is 5. The van der Waals surface area contributed by atoms with Gasteiger partial charge in [-0.05, 0) is 36.4 Å². The number of aromatic hydroxyl groups is 2. The number of phenols is 2. The van der Waals surface area contributed by atoms with Crippen LogP contribution < -0.4 is 5.32 Å². The number of para-hydroxylation sites is 1. The maximum Gasteiger partial charge on any atom is 0.259 e. The zero-order chi connectivity index (χ0) is 15.5. The van der Waals surface area contributed by atoms with Gasteiger partial charge in [0, 0.05) is 11.3 Å². The number of benzene rings is 2. The topological polar surface area (TPSA) is 95.6 Å². The largest absolute Gasteiger partial charge is 0.504 e. The first kappa shape index (κ1) is 13.7. The predicted molar refractivity (Wildman–Crippen MR) is 79.7 cm³/mol. The number of carbonyl (C=O) groups excluding carboxylic acids is 1. The van der Waals surface area contributed by atoms with Crippen LogP contribution in [0.5, 0.6) is 11.5 Å². The van der Waals surface area contributed by atoms with Gasteiger partial charge in [-0.15, -0.1) is 0 Å². The molecule has 1 heterocycles. The molecular formula is C16H12N2O4. The highest BCUT2D eigenvalue weighted by Gasteiger charge is 2.14. The van der Waals surface area contributed by atoms with Crippen LogP contribution in [0.3, 0.4) is 0 Å². The molecule has 3 N–H and O–H groups in total. The Morgan fingerprint density at radius 1 is 1.09 bits per heavy atom. The van der Waals surface area contributed by atoms with Crippen LogP contribution in [0, 0.1) is 0 Å². The fourth-order valence-electron chi connectivity index (χ4n) is 1.98. The number of hydrogen-bond donors (Lipinski definition) is 3. The van der Waals surface area contributed by atoms with Crippen LogP contribution in [-0.4, -0.2) is 21.1 Å². The van der Waals surface area contributed by atoms with Crippen LogP contribution in [0.1, 0.15) is 10.4 Å². The van der Waals surface area contributed by atoms with E-state index in [9.17, 15) is 15.0 Å². The number of nitrogens with zero attached hydrogens (tertiary/aromatic N) is 1. The van der Waals surface area contributed by atoms with Gasteiger partial charge in [0.25, 0.3) is 5.91 Å². The van der Waals surface area contributed by atoms with Crippen molar-refractivity contribution in [1.82, 2.24) is 4.98 Å². The van der Waals surface area contributed by atoms with E-state index in [1.807, 2.05) is 0 Å². The Hall–Kier alpha value is -3.28. The first-order valence-corrected chi connectivity index (χ1v) is 6.47. The molecule has 0 saturated carbocycles. The molecule has 3 rings (SSSR count). The number of nitrogens with one attached hydrogen (secondary N) is 1. The summed E-state index contributed by atoms with van der Waals surface area (Å²) in [6.45, 7) is 0. The van der Waals surface area contributed by atoms with Gasteiger partial charge >= 0.3 is 0 Å². The standard InChI is InChI=1S/C16H12N2O4/c19-13-3-1-2-12(14(13)20)15(21)18-11-6-4-10(5-7-11)16-17-8-9-22-16/h1-9,19-20H,(H,18,21). The summed E-state index contributed by atoms with van der Waals surface area (Å²) >= 11 is 0. The summed E-state index contributed by atoms with van der Waals surface area (Å²) in [5.41, 5.74) is 1.32. The number of rotatable bonds is 3. The molecule has 0 saturated heterocycles. The Bertz CT molecular complexity index is 796. The second-order valence-corrected chi connectivity index (χ2v) is 4.54. The van der Waals surface area contributed by atoms with E-state index in [0.29, 0.717) is 11.6 Å². The number of carbonyl (C=O) groups is 1. The minimum Gasteiger partial charge on any atom is -0.504 e. The summed E-state index contributed by atoms with van der Waals surface area (Å²) in [6.07, 6.45) is 3.03. The van der Waals surface area contributed by atoms with Crippen molar-refractivity contribution in [2.24, 2.45) is 0 Å². The fraction of sp³-hybridized carbons (Fsp3) is 0. The monoisotopic (exact) mass is 296 g/mol. The minimum atomic E-state index is -0.516. The Morgan fingerprint density at radius 2 is 1.86 bits per heavy atom. The first-order chi connectivity index (χ1) is 10.6. The van der Waals surface area contributed by atoms with Gasteiger partial charge in [0.15, 0.2) is 11.5 Å². The Labute approximate surface area is 125 Å². The highest BCUT2D eigenvalue weighted by molar-refractivity contribution is 6.06. The molecule has 1 aromatic heterocycles. The fourth-order valence-corrected chi connectivity index (χ4v) is 1.98. The Kier molecular flexibility index (Phi) is 3.49. The van der Waals surface area contributed by atoms with Crippen molar-refractivity contribution >= 4 is 11.6 Å². The summed E-state index contributed by atoms with van der Waals surface area (Å²) in [7, 11) is 0. The smallest absolute Gasteiger partial charge is 0.259 e. The third-order valence-corrected chi connectivity index (χ3v) is 3.08. The van der Waals surface area contributed by atoms with E-state index in [-0.39, 0.29) is 11.3 Å². The lowest BCUT2D eigenvalue weighted by molar-refractivity contribution is 0.102. The molecule has 0 aliphatic rings. The van der Waals surface area contributed by atoms with Gasteiger partial charge in [-0.1, -0.05) is 6.07 Å². The van der Waals surface area contributed by atoms with E-state index >= 15 is 0 Å². The van der Waals surface area contributed by atoms with Crippen molar-refractivity contribution in [3.63, 3.8) is 0 Å². The molecule has 0 aliphatic carbocycles. The summed E-state index contributed by atoms with van der Waals surface area (Å²) in [5.74, 6) is -0.816. The zero-order valence-corrected chi connectivity index (χ0v) is 11.4. The van der Waals surface area contributed by atoms with Crippen molar-refractivity contribution in [1.29, 1.82) is 0 Å². The molecular weight excluding hydrogens is 284 g/mol. The van der Waals surface area contributed by atoms with Crippen LogP contribution in [0.15, 0.2) is 59.3 Å². The van der Waals surface area contributed by atoms with E-state index in [2.05, 4.69) is 10.3 Å². The van der Waals surface area contributed by atoms with Crippen molar-refractivity contribution in [3.05, 3.63) is 60.5 Å². The molecule has 0 radical (unpaired) electrons. The average molecular weight is 296 g/mol. The zero-order valence-electron chi connectivity index (χ0n) is 11.4. The molecule has 110 valence electrons. The quantitative estimate of drug-likeness (QED) is 0.646. The minimum absolute atomic E-state index is 0.00298. The summed E-state index contributed by atoms with van der Waals surface area (Å²) in [6, 6.07) is 11.1. The Morgan fingerprint density at radius 3 is 2.55 bits per heavy atom. The van der Waals surface area contributed by atoms with E-state index < -0.39 is 11.7 Å². The van der Waals surface area contributed by atoms with Crippen molar-refractivity contribution < 1.29 is 19.4 Å². The van der Waals surface area contributed by atoms with Crippen molar-refractivity contribution in [2.45, 2.75) is 0 Å². The van der Waals surface area contributed by atoms with Gasteiger partial charge < -0.3 is 19.9 Å². The maximum absolute atomic E-state index is 12.1. The maximum atomic E-state index is 12.1. The molecule has 2 aromatic carbocycles. The van der Waals surface area contributed by atoms with Gasteiger partial charge in [0.2, 0.25) is 5.89 Å². The molecule has 0 atom stereocenters. The number of amides is 1. The molecule has 22 heavy (non-hydrogen) atoms. The van der Waals surface area contributed by atoms with Crippen LogP contribution in [0.25, 0.3) is 11.5 Å². The second kappa shape index (κ2) is 5.61. The normalized spacial score (nSPS) is 10.4. The van der Waals surface area contributed by atoms with Crippen molar-refractivity contribution in [2.75, 3.05) is 5.32 Å². The lowest BCUT2D eigenvalue weighted by Crippen LogP contribution is -2.11. The molecule has 1 amide bonds. The van der Waals surface area contributed by atoms with Crippen LogP contribution >= 0.6 is 0 Å². The number of aromatic nitrogens is 1. The predicted octanol–water partition coefficient (Wildman–Crippen LogP) is 3.01.